The van der Waals surface area contributed by atoms with Crippen LogP contribution in [0.25, 0.3) is 0 Å². The summed E-state index contributed by atoms with van der Waals surface area (Å²) >= 11 is 0. The standard InChI is InChI=1S/C14H16F4O4/c1-21-9(19)11-4-7-3-8(13(11,15)16)5-12(6-11,10(20)22-2)14(7,17)18/h7-8H,3-6H2,1-2H3/t7-,8-,11+,12+/m1/s1. The van der Waals surface area contributed by atoms with Gasteiger partial charge in [0, 0.05) is 11.8 Å². The van der Waals surface area contributed by atoms with Crippen LogP contribution in [0.3, 0.4) is 0 Å². The minimum Gasteiger partial charge on any atom is -0.468 e. The van der Waals surface area contributed by atoms with Crippen molar-refractivity contribution in [2.75, 3.05) is 14.2 Å². The van der Waals surface area contributed by atoms with Crippen molar-refractivity contribution in [3.8, 4) is 0 Å². The number of carbonyl (C=O) groups excluding carboxylic acids is 2. The Morgan fingerprint density at radius 2 is 1.23 bits per heavy atom. The van der Waals surface area contributed by atoms with Gasteiger partial charge in [-0.2, -0.15) is 0 Å². The normalized spacial score (nSPS) is 43.7. The Balaban J connectivity index is 2.19. The first-order valence-electron chi connectivity index (χ1n) is 7.01. The van der Waals surface area contributed by atoms with Crippen molar-refractivity contribution < 1.29 is 36.6 Å². The van der Waals surface area contributed by atoms with E-state index in [2.05, 4.69) is 9.47 Å². The highest BCUT2D eigenvalue weighted by Gasteiger charge is 2.84. The SMILES string of the molecule is COC(=O)[C@]12C[C@H]3C[C@H](C[C@@](C(=O)OC)(C1)C3(F)F)C2(F)F. The largest absolute Gasteiger partial charge is 0.468 e. The minimum atomic E-state index is -3.47. The Hall–Kier alpha value is -1.34. The number of hydrogen-bond acceptors (Lipinski definition) is 4. The molecule has 4 bridgehead atoms. The number of esters is 2. The summed E-state index contributed by atoms with van der Waals surface area (Å²) in [5.41, 5.74) is -4.74. The summed E-state index contributed by atoms with van der Waals surface area (Å²) in [6.07, 6.45) is -2.69. The van der Waals surface area contributed by atoms with E-state index in [1.54, 1.807) is 0 Å². The highest BCUT2D eigenvalue weighted by molar-refractivity contribution is 5.85. The molecule has 8 heteroatoms. The van der Waals surface area contributed by atoms with Crippen LogP contribution < -0.4 is 0 Å². The van der Waals surface area contributed by atoms with Crippen molar-refractivity contribution >= 4 is 11.9 Å². The second-order valence-electron chi connectivity index (χ2n) is 6.61. The number of alkyl halides is 4. The molecular weight excluding hydrogens is 308 g/mol. The van der Waals surface area contributed by atoms with Crippen LogP contribution >= 0.6 is 0 Å². The van der Waals surface area contributed by atoms with E-state index in [-0.39, 0.29) is 0 Å². The fourth-order valence-corrected chi connectivity index (χ4v) is 4.83. The van der Waals surface area contributed by atoms with E-state index in [9.17, 15) is 27.2 Å². The van der Waals surface area contributed by atoms with Crippen LogP contribution in [0.5, 0.6) is 0 Å². The number of rotatable bonds is 2. The number of methoxy groups -OCH3 is 2. The molecule has 0 aromatic carbocycles. The van der Waals surface area contributed by atoms with E-state index < -0.39 is 72.1 Å². The number of halogens is 4. The molecule has 4 atom stereocenters. The lowest BCUT2D eigenvalue weighted by Gasteiger charge is -2.64. The van der Waals surface area contributed by atoms with Crippen LogP contribution in [0.4, 0.5) is 17.6 Å². The van der Waals surface area contributed by atoms with Gasteiger partial charge in [0.25, 0.3) is 11.8 Å². The molecule has 4 fully saturated rings. The molecule has 124 valence electrons. The van der Waals surface area contributed by atoms with Crippen molar-refractivity contribution in [1.29, 1.82) is 0 Å². The number of ether oxygens (including phenoxy) is 2. The smallest absolute Gasteiger partial charge is 0.318 e. The molecule has 0 radical (unpaired) electrons. The molecule has 0 aromatic heterocycles. The molecule has 0 amide bonds. The molecular formula is C14H16F4O4. The molecule has 0 unspecified atom stereocenters. The molecule has 4 aliphatic carbocycles. The molecule has 4 nitrogen and oxygen atoms in total. The van der Waals surface area contributed by atoms with Crippen molar-refractivity contribution in [2.24, 2.45) is 22.7 Å². The van der Waals surface area contributed by atoms with Crippen LogP contribution in [0.2, 0.25) is 0 Å². The fraction of sp³-hybridized carbons (Fsp3) is 0.857. The van der Waals surface area contributed by atoms with E-state index in [1.165, 1.54) is 0 Å². The molecule has 0 spiro atoms. The highest BCUT2D eigenvalue weighted by Crippen LogP contribution is 2.75. The molecule has 0 saturated heterocycles. The van der Waals surface area contributed by atoms with Gasteiger partial charge in [-0.25, -0.2) is 17.6 Å². The molecule has 22 heavy (non-hydrogen) atoms. The summed E-state index contributed by atoms with van der Waals surface area (Å²) < 4.78 is 67.7. The van der Waals surface area contributed by atoms with Gasteiger partial charge in [0.1, 0.15) is 10.8 Å². The van der Waals surface area contributed by atoms with E-state index >= 15 is 0 Å². The number of hydrogen-bond donors (Lipinski definition) is 0. The summed E-state index contributed by atoms with van der Waals surface area (Å²) in [5, 5.41) is 0. The lowest BCUT2D eigenvalue weighted by molar-refractivity contribution is -0.338. The van der Waals surface area contributed by atoms with E-state index in [0.29, 0.717) is 0 Å². The zero-order valence-corrected chi connectivity index (χ0v) is 12.1. The summed E-state index contributed by atoms with van der Waals surface area (Å²) in [6.45, 7) is 0. The minimum absolute atomic E-state index is 0.405. The Morgan fingerprint density at radius 1 is 0.864 bits per heavy atom. The van der Waals surface area contributed by atoms with Gasteiger partial charge < -0.3 is 9.47 Å². The summed E-state index contributed by atoms with van der Waals surface area (Å²) in [6, 6.07) is 0. The third-order valence-electron chi connectivity index (χ3n) is 5.82. The van der Waals surface area contributed by atoms with Gasteiger partial charge in [0.15, 0.2) is 0 Å². The highest BCUT2D eigenvalue weighted by atomic mass is 19.3. The average molecular weight is 324 g/mol. The quantitative estimate of drug-likeness (QED) is 0.578. The Kier molecular flexibility index (Phi) is 2.93. The summed E-state index contributed by atoms with van der Waals surface area (Å²) in [7, 11) is 1.89. The maximum absolute atomic E-state index is 14.7. The maximum Gasteiger partial charge on any atom is 0.318 e. The van der Waals surface area contributed by atoms with Crippen LogP contribution in [0.15, 0.2) is 0 Å². The summed E-state index contributed by atoms with van der Waals surface area (Å²) in [5.74, 6) is -12.3. The predicted octanol–water partition coefficient (Wildman–Crippen LogP) is 2.41. The zero-order valence-electron chi connectivity index (χ0n) is 12.1. The third-order valence-corrected chi connectivity index (χ3v) is 5.82. The molecule has 4 aliphatic rings. The first kappa shape index (κ1) is 15.6. The lowest BCUT2D eigenvalue weighted by atomic mass is 9.41. The first-order valence-corrected chi connectivity index (χ1v) is 7.01. The average Bonchev–Trinajstić information content (AvgIpc) is 2.43. The Morgan fingerprint density at radius 3 is 1.55 bits per heavy atom. The summed E-state index contributed by atoms with van der Waals surface area (Å²) in [4.78, 5) is 24.1. The van der Waals surface area contributed by atoms with Gasteiger partial charge in [-0.3, -0.25) is 9.59 Å². The van der Waals surface area contributed by atoms with Gasteiger partial charge in [0.2, 0.25) is 0 Å². The lowest BCUT2D eigenvalue weighted by Crippen LogP contribution is -2.74. The molecule has 4 saturated carbocycles. The molecule has 0 heterocycles. The van der Waals surface area contributed by atoms with Crippen LogP contribution in [-0.4, -0.2) is 38.0 Å². The maximum atomic E-state index is 14.7. The molecule has 0 aliphatic heterocycles. The monoisotopic (exact) mass is 324 g/mol. The zero-order chi connectivity index (χ0) is 16.6. The van der Waals surface area contributed by atoms with Crippen molar-refractivity contribution in [2.45, 2.75) is 37.5 Å². The predicted molar refractivity (Wildman–Crippen MR) is 64.2 cm³/mol. The third kappa shape index (κ3) is 1.39. The van der Waals surface area contributed by atoms with Crippen LogP contribution in [0, 0.1) is 22.7 Å². The van der Waals surface area contributed by atoms with Gasteiger partial charge >= 0.3 is 11.9 Å². The van der Waals surface area contributed by atoms with E-state index in [1.807, 2.05) is 0 Å². The van der Waals surface area contributed by atoms with E-state index in [0.717, 1.165) is 14.2 Å². The van der Waals surface area contributed by atoms with Crippen LogP contribution in [0.1, 0.15) is 25.7 Å². The first-order chi connectivity index (χ1) is 10.1. The number of carbonyl (C=O) groups is 2. The topological polar surface area (TPSA) is 52.6 Å². The van der Waals surface area contributed by atoms with Gasteiger partial charge in [-0.1, -0.05) is 0 Å². The second kappa shape index (κ2) is 4.14. The molecule has 0 N–H and O–H groups in total. The van der Waals surface area contributed by atoms with Crippen molar-refractivity contribution in [1.82, 2.24) is 0 Å². The fourth-order valence-electron chi connectivity index (χ4n) is 4.83. The van der Waals surface area contributed by atoms with Gasteiger partial charge in [-0.05, 0) is 25.7 Å². The van der Waals surface area contributed by atoms with Crippen molar-refractivity contribution in [3.63, 3.8) is 0 Å². The van der Waals surface area contributed by atoms with Gasteiger partial charge in [0.05, 0.1) is 14.2 Å². The second-order valence-corrected chi connectivity index (χ2v) is 6.61. The Bertz CT molecular complexity index is 503. The molecule has 0 aromatic rings. The van der Waals surface area contributed by atoms with Gasteiger partial charge in [-0.15, -0.1) is 0 Å². The molecule has 4 rings (SSSR count). The Labute approximate surface area is 124 Å². The van der Waals surface area contributed by atoms with Crippen LogP contribution in [-0.2, 0) is 19.1 Å². The van der Waals surface area contributed by atoms with Crippen molar-refractivity contribution in [3.05, 3.63) is 0 Å². The van der Waals surface area contributed by atoms with E-state index in [4.69, 9.17) is 0 Å².